The normalized spacial score (nSPS) is 13.3. The van der Waals surface area contributed by atoms with E-state index in [9.17, 15) is 22.0 Å². The summed E-state index contributed by atoms with van der Waals surface area (Å²) in [6.45, 7) is 0.694. The van der Waals surface area contributed by atoms with E-state index in [4.69, 9.17) is 14.9 Å². The summed E-state index contributed by atoms with van der Waals surface area (Å²) in [6, 6.07) is 6.32. The third-order valence-corrected chi connectivity index (χ3v) is 5.81. The van der Waals surface area contributed by atoms with Gasteiger partial charge in [-0.15, -0.1) is 12.7 Å². The SMILES string of the molecule is CC.C[N-]/C(=C(\C(=N)OC)c1ncc(OC(F)F)c(OCc2ccc(-c3nc(C(F)(F)F)cn3C)cc2)n1)C1CC1.[K+]. The van der Waals surface area contributed by atoms with Gasteiger partial charge in [0.25, 0.3) is 5.88 Å². The summed E-state index contributed by atoms with van der Waals surface area (Å²) in [5, 5.41) is 12.5. The van der Waals surface area contributed by atoms with Crippen LogP contribution in [0.4, 0.5) is 22.0 Å². The number of allylic oxidation sites excluding steroid dienone is 1. The Kier molecular flexibility index (Phi) is 13.4. The van der Waals surface area contributed by atoms with Gasteiger partial charge in [-0.1, -0.05) is 38.1 Å². The molecule has 1 N–H and O–H groups in total. The predicted octanol–water partition coefficient (Wildman–Crippen LogP) is 3.85. The Morgan fingerprint density at radius 3 is 2.29 bits per heavy atom. The number of halogens is 5. The molecule has 1 fully saturated rings. The van der Waals surface area contributed by atoms with Gasteiger partial charge < -0.3 is 24.1 Å². The minimum absolute atomic E-state index is 0. The number of nitrogens with zero attached hydrogens (tertiary/aromatic N) is 5. The van der Waals surface area contributed by atoms with Crippen LogP contribution in [0.2, 0.25) is 0 Å². The van der Waals surface area contributed by atoms with Gasteiger partial charge in [0.15, 0.2) is 11.5 Å². The number of ether oxygens (including phenoxy) is 3. The molecule has 0 aliphatic heterocycles. The van der Waals surface area contributed by atoms with E-state index in [1.807, 2.05) is 13.8 Å². The van der Waals surface area contributed by atoms with Crippen molar-refractivity contribution < 1.29 is 87.5 Å². The van der Waals surface area contributed by atoms with Gasteiger partial charge in [0.05, 0.1) is 18.9 Å². The van der Waals surface area contributed by atoms with Gasteiger partial charge in [-0.25, -0.2) is 9.97 Å². The molecule has 1 aliphatic carbocycles. The molecule has 3 aromatic rings. The van der Waals surface area contributed by atoms with Crippen LogP contribution in [-0.2, 0) is 24.6 Å². The van der Waals surface area contributed by atoms with Crippen LogP contribution in [-0.4, -0.2) is 46.2 Å². The molecule has 1 saturated carbocycles. The average Bonchev–Trinajstić information content (AvgIpc) is 3.71. The van der Waals surface area contributed by atoms with Gasteiger partial charge in [0, 0.05) is 18.8 Å². The quantitative estimate of drug-likeness (QED) is 0.160. The molecule has 2 heterocycles. The summed E-state index contributed by atoms with van der Waals surface area (Å²) < 4.78 is 81.6. The second kappa shape index (κ2) is 15.8. The van der Waals surface area contributed by atoms with Crippen LogP contribution in [0.15, 0.2) is 42.4 Å². The number of hydrogen-bond donors (Lipinski definition) is 1. The molecule has 4 rings (SSSR count). The van der Waals surface area contributed by atoms with E-state index >= 15 is 0 Å². The molecule has 0 atom stereocenters. The molecule has 1 aliphatic rings. The summed E-state index contributed by atoms with van der Waals surface area (Å²) in [6.07, 6.45) is -0.908. The van der Waals surface area contributed by atoms with E-state index in [0.717, 1.165) is 25.2 Å². The molecule has 0 spiro atoms. The van der Waals surface area contributed by atoms with Crippen LogP contribution >= 0.6 is 0 Å². The van der Waals surface area contributed by atoms with Crippen molar-refractivity contribution in [1.82, 2.24) is 19.5 Å². The Bertz CT molecular complexity index is 1380. The fourth-order valence-corrected chi connectivity index (χ4v) is 3.82. The average molecular weight is 621 g/mol. The van der Waals surface area contributed by atoms with Crippen molar-refractivity contribution in [3.8, 4) is 23.0 Å². The summed E-state index contributed by atoms with van der Waals surface area (Å²) in [4.78, 5) is 12.0. The van der Waals surface area contributed by atoms with Gasteiger partial charge in [-0.2, -0.15) is 26.9 Å². The van der Waals surface area contributed by atoms with Gasteiger partial charge in [0.1, 0.15) is 12.4 Å². The van der Waals surface area contributed by atoms with Crippen molar-refractivity contribution in [2.24, 2.45) is 13.0 Å². The Morgan fingerprint density at radius 2 is 1.79 bits per heavy atom. The Hall–Kier alpha value is -2.59. The summed E-state index contributed by atoms with van der Waals surface area (Å²) >= 11 is 0. The fourth-order valence-electron chi connectivity index (χ4n) is 3.82. The first-order valence-corrected chi connectivity index (χ1v) is 12.6. The van der Waals surface area contributed by atoms with Crippen LogP contribution in [0.3, 0.4) is 0 Å². The summed E-state index contributed by atoms with van der Waals surface area (Å²) in [5.41, 5.74) is 0.776. The number of benzene rings is 1. The van der Waals surface area contributed by atoms with E-state index in [1.54, 1.807) is 31.3 Å². The van der Waals surface area contributed by atoms with Gasteiger partial charge in [-0.05, 0) is 24.3 Å². The Labute approximate surface area is 282 Å². The van der Waals surface area contributed by atoms with E-state index in [0.29, 0.717) is 16.8 Å². The van der Waals surface area contributed by atoms with E-state index in [-0.39, 0.29) is 92.9 Å². The number of alkyl halides is 5. The number of imidazole rings is 1. The van der Waals surface area contributed by atoms with E-state index < -0.39 is 24.2 Å². The zero-order chi connectivity index (χ0) is 30.3. The number of rotatable bonds is 10. The molecule has 0 saturated heterocycles. The van der Waals surface area contributed by atoms with Crippen molar-refractivity contribution in [2.75, 3.05) is 14.2 Å². The van der Waals surface area contributed by atoms with Crippen molar-refractivity contribution in [3.63, 3.8) is 0 Å². The molecule has 15 heteroatoms. The molecule has 42 heavy (non-hydrogen) atoms. The van der Waals surface area contributed by atoms with Crippen LogP contribution in [0.25, 0.3) is 22.3 Å². The van der Waals surface area contributed by atoms with E-state index in [1.165, 1.54) is 18.7 Å². The zero-order valence-corrected chi connectivity index (χ0v) is 27.2. The maximum atomic E-state index is 13.0. The minimum atomic E-state index is -4.57. The maximum absolute atomic E-state index is 13.0. The van der Waals surface area contributed by atoms with Gasteiger partial charge >= 0.3 is 64.2 Å². The Morgan fingerprint density at radius 1 is 1.14 bits per heavy atom. The monoisotopic (exact) mass is 620 g/mol. The third-order valence-electron chi connectivity index (χ3n) is 5.81. The molecule has 2 aromatic heterocycles. The van der Waals surface area contributed by atoms with Crippen molar-refractivity contribution in [1.29, 1.82) is 5.41 Å². The van der Waals surface area contributed by atoms with Crippen LogP contribution < -0.4 is 60.9 Å². The first kappa shape index (κ1) is 35.6. The molecule has 9 nitrogen and oxygen atoms in total. The Balaban J connectivity index is 0.00000201. The third kappa shape index (κ3) is 8.96. The van der Waals surface area contributed by atoms with Crippen molar-refractivity contribution in [3.05, 3.63) is 64.8 Å². The largest absolute Gasteiger partial charge is 1.00 e. The number of aromatic nitrogens is 4. The van der Waals surface area contributed by atoms with Gasteiger partial charge in [-0.3, -0.25) is 5.41 Å². The molecule has 0 bridgehead atoms. The molecule has 222 valence electrons. The predicted molar refractivity (Wildman–Crippen MR) is 142 cm³/mol. The van der Waals surface area contributed by atoms with Crippen LogP contribution in [0.1, 0.15) is 43.8 Å². The number of hydrogen-bond acceptors (Lipinski definition) is 7. The number of aryl methyl sites for hydroxylation is 1. The smallest absolute Gasteiger partial charge is 0.689 e. The molecule has 0 radical (unpaired) electrons. The van der Waals surface area contributed by atoms with Gasteiger partial charge in [0.2, 0.25) is 11.6 Å². The van der Waals surface area contributed by atoms with Crippen molar-refractivity contribution >= 4 is 11.5 Å². The van der Waals surface area contributed by atoms with Crippen LogP contribution in [0, 0.1) is 11.3 Å². The maximum Gasteiger partial charge on any atom is 1.00 e. The fraction of sp³-hybridized carbons (Fsp3) is 0.407. The van der Waals surface area contributed by atoms with Crippen LogP contribution in [0.5, 0.6) is 11.6 Å². The summed E-state index contributed by atoms with van der Waals surface area (Å²) in [5.74, 6) is -0.727. The van der Waals surface area contributed by atoms with E-state index in [2.05, 4.69) is 25.0 Å². The molecule has 0 amide bonds. The molecular weight excluding hydrogens is 590 g/mol. The first-order chi connectivity index (χ1) is 19.5. The summed E-state index contributed by atoms with van der Waals surface area (Å²) in [7, 11) is 4.34. The molecular formula is C27H30F5KN6O3. The number of methoxy groups -OCH3 is 1. The molecule has 1 aromatic carbocycles. The first-order valence-electron chi connectivity index (χ1n) is 12.6. The second-order valence-electron chi connectivity index (χ2n) is 8.58. The topological polar surface area (TPSA) is 109 Å². The molecule has 0 unspecified atom stereocenters. The van der Waals surface area contributed by atoms with Crippen molar-refractivity contribution in [2.45, 2.75) is 46.1 Å². The second-order valence-corrected chi connectivity index (χ2v) is 8.58. The standard InChI is InChI=1S/C25H24F5N6O3.C2H6.K/c1-32-19(14-8-9-14)18(20(31)37-3)21-33-10-16(39-24(26)27)23(35-21)38-12-13-4-6-15(7-5-13)22-34-17(11-36(22)2)25(28,29)30;1-2;/h4-7,10-11,14,24,31H,8-9,12H2,1-3H3;1-2H3;/q-1;;+1/b19-18+,31-20?;;. The minimum Gasteiger partial charge on any atom is -0.689 e. The zero-order valence-electron chi connectivity index (χ0n) is 24.1. The number of nitrogens with one attached hydrogen (secondary N) is 1.